The quantitative estimate of drug-likeness (QED) is 0.806. The van der Waals surface area contributed by atoms with Gasteiger partial charge in [0.2, 0.25) is 5.91 Å². The fraction of sp³-hybridized carbons (Fsp3) is 0.650. The first-order valence-electron chi connectivity index (χ1n) is 8.83. The maximum Gasteiger partial charge on any atom is 0.231 e. The summed E-state index contributed by atoms with van der Waals surface area (Å²) in [6, 6.07) is 7.68. The Morgan fingerprint density at radius 2 is 1.65 bits per heavy atom. The zero-order chi connectivity index (χ0) is 17.1. The number of anilines is 1. The lowest BCUT2D eigenvalue weighted by Crippen LogP contribution is -2.47. The summed E-state index contributed by atoms with van der Waals surface area (Å²) in [5, 5.41) is 3.15. The van der Waals surface area contributed by atoms with Crippen LogP contribution in [-0.2, 0) is 4.79 Å². The molecule has 0 aliphatic heterocycles. The van der Waals surface area contributed by atoms with E-state index in [2.05, 4.69) is 26.1 Å². The molecule has 2 rings (SSSR count). The van der Waals surface area contributed by atoms with Crippen LogP contribution in [0.15, 0.2) is 24.3 Å². The number of hydrogen-bond donors (Lipinski definition) is 1. The van der Waals surface area contributed by atoms with Crippen LogP contribution in [0.25, 0.3) is 0 Å². The Kier molecular flexibility index (Phi) is 5.38. The van der Waals surface area contributed by atoms with Gasteiger partial charge in [0.25, 0.3) is 0 Å². The normalized spacial score (nSPS) is 17.8. The van der Waals surface area contributed by atoms with Crippen LogP contribution in [-0.4, -0.2) is 12.0 Å². The fourth-order valence-corrected chi connectivity index (χ4v) is 3.61. The van der Waals surface area contributed by atoms with Crippen molar-refractivity contribution in [3.63, 3.8) is 0 Å². The predicted octanol–water partition coefficient (Wildman–Crippen LogP) is 5.41. The van der Waals surface area contributed by atoms with Crippen molar-refractivity contribution in [1.82, 2.24) is 0 Å². The minimum atomic E-state index is -0.266. The van der Waals surface area contributed by atoms with Gasteiger partial charge in [-0.2, -0.15) is 0 Å². The van der Waals surface area contributed by atoms with Gasteiger partial charge in [-0.3, -0.25) is 4.79 Å². The SMILES string of the molecule is CC(C)Oc1ccc(NC(=O)C2(C(C)(C)C)CCCCC2)cc1. The third kappa shape index (κ3) is 4.07. The molecule has 3 heteroatoms. The van der Waals surface area contributed by atoms with Gasteiger partial charge in [0.1, 0.15) is 5.75 Å². The molecule has 3 nitrogen and oxygen atoms in total. The lowest BCUT2D eigenvalue weighted by molar-refractivity contribution is -0.135. The Balaban J connectivity index is 2.12. The highest BCUT2D eigenvalue weighted by Gasteiger charge is 2.48. The summed E-state index contributed by atoms with van der Waals surface area (Å²) in [7, 11) is 0. The third-order valence-corrected chi connectivity index (χ3v) is 5.06. The summed E-state index contributed by atoms with van der Waals surface area (Å²) in [4.78, 5) is 13.1. The highest BCUT2D eigenvalue weighted by Crippen LogP contribution is 2.50. The van der Waals surface area contributed by atoms with E-state index in [1.807, 2.05) is 38.1 Å². The van der Waals surface area contributed by atoms with Gasteiger partial charge in [0.05, 0.1) is 11.5 Å². The van der Waals surface area contributed by atoms with Crippen LogP contribution in [0.5, 0.6) is 5.75 Å². The van der Waals surface area contributed by atoms with Gasteiger partial charge in [0, 0.05) is 5.69 Å². The molecule has 0 unspecified atom stereocenters. The second kappa shape index (κ2) is 6.94. The molecule has 0 saturated heterocycles. The van der Waals surface area contributed by atoms with Gasteiger partial charge in [-0.15, -0.1) is 0 Å². The van der Waals surface area contributed by atoms with Crippen molar-refractivity contribution in [2.45, 2.75) is 72.8 Å². The van der Waals surface area contributed by atoms with E-state index >= 15 is 0 Å². The van der Waals surface area contributed by atoms with Crippen LogP contribution in [0, 0.1) is 10.8 Å². The topological polar surface area (TPSA) is 38.3 Å². The Hall–Kier alpha value is -1.51. The number of rotatable bonds is 4. The lowest BCUT2D eigenvalue weighted by Gasteiger charge is -2.46. The number of nitrogens with one attached hydrogen (secondary N) is 1. The van der Waals surface area contributed by atoms with Crippen LogP contribution in [0.1, 0.15) is 66.7 Å². The molecule has 0 spiro atoms. The first kappa shape index (κ1) is 17.8. The smallest absolute Gasteiger partial charge is 0.231 e. The predicted molar refractivity (Wildman–Crippen MR) is 95.8 cm³/mol. The average Bonchev–Trinajstić information content (AvgIpc) is 2.48. The van der Waals surface area contributed by atoms with Gasteiger partial charge < -0.3 is 10.1 Å². The summed E-state index contributed by atoms with van der Waals surface area (Å²) >= 11 is 0. The molecule has 128 valence electrons. The Morgan fingerprint density at radius 1 is 1.09 bits per heavy atom. The molecule has 0 bridgehead atoms. The summed E-state index contributed by atoms with van der Waals surface area (Å²) < 4.78 is 5.65. The van der Waals surface area contributed by atoms with Gasteiger partial charge >= 0.3 is 0 Å². The zero-order valence-electron chi connectivity index (χ0n) is 15.2. The second-order valence-electron chi connectivity index (χ2n) is 8.04. The monoisotopic (exact) mass is 317 g/mol. The Morgan fingerprint density at radius 3 is 2.13 bits per heavy atom. The fourth-order valence-electron chi connectivity index (χ4n) is 3.61. The van der Waals surface area contributed by atoms with Crippen LogP contribution in [0.2, 0.25) is 0 Å². The second-order valence-corrected chi connectivity index (χ2v) is 8.04. The van der Waals surface area contributed by atoms with Crippen molar-refractivity contribution in [1.29, 1.82) is 0 Å². The molecule has 23 heavy (non-hydrogen) atoms. The van der Waals surface area contributed by atoms with Crippen LogP contribution < -0.4 is 10.1 Å². The van der Waals surface area contributed by atoms with Crippen LogP contribution in [0.3, 0.4) is 0 Å². The Labute approximate surface area is 140 Å². The maximum absolute atomic E-state index is 13.1. The van der Waals surface area contributed by atoms with Gasteiger partial charge in [0.15, 0.2) is 0 Å². The lowest BCUT2D eigenvalue weighted by atomic mass is 9.59. The third-order valence-electron chi connectivity index (χ3n) is 5.06. The molecule has 1 aromatic carbocycles. The summed E-state index contributed by atoms with van der Waals surface area (Å²) in [5.41, 5.74) is 0.552. The van der Waals surface area contributed by atoms with E-state index in [4.69, 9.17) is 4.74 Å². The zero-order valence-corrected chi connectivity index (χ0v) is 15.2. The van der Waals surface area contributed by atoms with E-state index < -0.39 is 0 Å². The van der Waals surface area contributed by atoms with Crippen molar-refractivity contribution >= 4 is 11.6 Å². The molecule has 0 aromatic heterocycles. The standard InChI is InChI=1S/C20H31NO2/c1-15(2)23-17-11-9-16(10-12-17)21-18(22)20(19(3,4)5)13-7-6-8-14-20/h9-12,15H,6-8,13-14H2,1-5H3,(H,21,22). The first-order chi connectivity index (χ1) is 10.7. The van der Waals surface area contributed by atoms with E-state index in [9.17, 15) is 4.79 Å². The molecular formula is C20H31NO2. The number of hydrogen-bond acceptors (Lipinski definition) is 2. The highest BCUT2D eigenvalue weighted by atomic mass is 16.5. The number of benzene rings is 1. The molecule has 0 heterocycles. The van der Waals surface area contributed by atoms with Gasteiger partial charge in [-0.05, 0) is 56.4 Å². The molecule has 1 N–H and O–H groups in total. The summed E-state index contributed by atoms with van der Waals surface area (Å²) in [6.45, 7) is 10.6. The van der Waals surface area contributed by atoms with Crippen molar-refractivity contribution in [2.75, 3.05) is 5.32 Å². The Bertz CT molecular complexity index is 520. The van der Waals surface area contributed by atoms with E-state index in [1.165, 1.54) is 6.42 Å². The van der Waals surface area contributed by atoms with Crippen LogP contribution in [0.4, 0.5) is 5.69 Å². The van der Waals surface area contributed by atoms with Crippen molar-refractivity contribution in [3.8, 4) is 5.75 Å². The first-order valence-corrected chi connectivity index (χ1v) is 8.83. The van der Waals surface area contributed by atoms with E-state index in [-0.39, 0.29) is 22.8 Å². The number of amides is 1. The number of carbonyl (C=O) groups excluding carboxylic acids is 1. The van der Waals surface area contributed by atoms with E-state index in [0.29, 0.717) is 0 Å². The molecule has 1 fully saturated rings. The minimum Gasteiger partial charge on any atom is -0.491 e. The average molecular weight is 317 g/mol. The molecular weight excluding hydrogens is 286 g/mol. The number of carbonyl (C=O) groups is 1. The van der Waals surface area contributed by atoms with E-state index in [1.54, 1.807) is 0 Å². The van der Waals surface area contributed by atoms with Gasteiger partial charge in [-0.25, -0.2) is 0 Å². The molecule has 0 radical (unpaired) electrons. The molecule has 0 atom stereocenters. The van der Waals surface area contributed by atoms with Crippen molar-refractivity contribution in [2.24, 2.45) is 10.8 Å². The summed E-state index contributed by atoms with van der Waals surface area (Å²) in [6.07, 6.45) is 5.65. The van der Waals surface area contributed by atoms with E-state index in [0.717, 1.165) is 37.1 Å². The van der Waals surface area contributed by atoms with Crippen molar-refractivity contribution in [3.05, 3.63) is 24.3 Å². The molecule has 1 saturated carbocycles. The molecule has 1 aliphatic carbocycles. The summed E-state index contributed by atoms with van der Waals surface area (Å²) in [5.74, 6) is 1.00. The molecule has 1 aliphatic rings. The maximum atomic E-state index is 13.1. The minimum absolute atomic E-state index is 0.0296. The highest BCUT2D eigenvalue weighted by molar-refractivity contribution is 5.96. The van der Waals surface area contributed by atoms with Crippen LogP contribution >= 0.6 is 0 Å². The van der Waals surface area contributed by atoms with Gasteiger partial charge in [-0.1, -0.05) is 40.0 Å². The largest absolute Gasteiger partial charge is 0.491 e. The molecule has 1 amide bonds. The number of ether oxygens (including phenoxy) is 1. The van der Waals surface area contributed by atoms with Crippen molar-refractivity contribution < 1.29 is 9.53 Å². The molecule has 1 aromatic rings.